The molecule has 0 aliphatic carbocycles. The van der Waals surface area contributed by atoms with Crippen LogP contribution in [0.3, 0.4) is 0 Å². The van der Waals surface area contributed by atoms with Gasteiger partial charge in [-0.2, -0.15) is 0 Å². The number of ether oxygens (including phenoxy) is 1. The van der Waals surface area contributed by atoms with Crippen molar-refractivity contribution in [2.45, 2.75) is 12.2 Å². The molecule has 25 heavy (non-hydrogen) atoms. The lowest BCUT2D eigenvalue weighted by atomic mass is 10.1. The highest BCUT2D eigenvalue weighted by Gasteiger charge is 2.31. The molecule has 0 spiro atoms. The molecule has 0 radical (unpaired) electrons. The van der Waals surface area contributed by atoms with E-state index in [4.69, 9.17) is 23.2 Å². The molecule has 0 aliphatic heterocycles. The summed E-state index contributed by atoms with van der Waals surface area (Å²) in [5.74, 6) is -0.185. The zero-order valence-corrected chi connectivity index (χ0v) is 14.0. The van der Waals surface area contributed by atoms with Crippen molar-refractivity contribution in [1.29, 1.82) is 0 Å². The Labute approximate surface area is 150 Å². The number of benzene rings is 2. The molecule has 0 N–H and O–H groups in total. The first kappa shape index (κ1) is 17.6. The summed E-state index contributed by atoms with van der Waals surface area (Å²) in [6.07, 6.45) is -4.74. The number of aromatic nitrogens is 3. The van der Waals surface area contributed by atoms with Crippen molar-refractivity contribution in [3.05, 3.63) is 59.2 Å². The molecule has 0 bridgehead atoms. The van der Waals surface area contributed by atoms with Crippen molar-refractivity contribution < 1.29 is 17.9 Å². The minimum absolute atomic E-state index is 0.132. The largest absolute Gasteiger partial charge is 0.573 e. The second-order valence-corrected chi connectivity index (χ2v) is 5.68. The lowest BCUT2D eigenvalue weighted by Gasteiger charge is -2.11. The topological polar surface area (TPSA) is 39.9 Å². The number of halogens is 5. The molecule has 3 aromatic rings. The van der Waals surface area contributed by atoms with Gasteiger partial charge >= 0.3 is 6.36 Å². The van der Waals surface area contributed by atoms with Crippen molar-refractivity contribution in [1.82, 2.24) is 15.0 Å². The zero-order chi connectivity index (χ0) is 18.0. The molecule has 1 heterocycles. The average Bonchev–Trinajstić information content (AvgIpc) is 2.99. The number of hydrogen-bond donors (Lipinski definition) is 0. The number of hydrogen-bond acceptors (Lipinski definition) is 3. The summed E-state index contributed by atoms with van der Waals surface area (Å²) in [6.45, 7) is 0. The third-order valence-corrected chi connectivity index (χ3v) is 3.80. The van der Waals surface area contributed by atoms with Crippen molar-refractivity contribution >= 4 is 23.2 Å². The Balaban J connectivity index is 2.00. The summed E-state index contributed by atoms with van der Waals surface area (Å²) in [5.41, 5.74) is 2.47. The van der Waals surface area contributed by atoms with Gasteiger partial charge < -0.3 is 4.74 Å². The molecule has 130 valence electrons. The van der Waals surface area contributed by atoms with Gasteiger partial charge in [-0.1, -0.05) is 28.9 Å². The molecule has 0 aliphatic rings. The van der Waals surface area contributed by atoms with Crippen LogP contribution in [0.4, 0.5) is 13.2 Å². The van der Waals surface area contributed by atoms with Crippen LogP contribution in [0, 0.1) is 0 Å². The van der Waals surface area contributed by atoms with Crippen molar-refractivity contribution in [2.24, 2.45) is 0 Å². The predicted octanol–water partition coefficient (Wildman–Crippen LogP) is 5.23. The van der Waals surface area contributed by atoms with E-state index in [-0.39, 0.29) is 11.6 Å². The molecule has 1 aromatic heterocycles. The van der Waals surface area contributed by atoms with Crippen molar-refractivity contribution in [2.75, 3.05) is 0 Å². The quantitative estimate of drug-likeness (QED) is 0.575. The molecule has 0 amide bonds. The summed E-state index contributed by atoms with van der Waals surface area (Å²) < 4.78 is 42.1. The van der Waals surface area contributed by atoms with E-state index < -0.39 is 6.36 Å². The maximum Gasteiger partial charge on any atom is 0.573 e. The lowest BCUT2D eigenvalue weighted by molar-refractivity contribution is -0.274. The van der Waals surface area contributed by atoms with Crippen LogP contribution in [-0.2, 0) is 5.88 Å². The highest BCUT2D eigenvalue weighted by Crippen LogP contribution is 2.29. The van der Waals surface area contributed by atoms with Crippen LogP contribution < -0.4 is 4.74 Å². The number of rotatable bonds is 4. The van der Waals surface area contributed by atoms with Gasteiger partial charge in [-0.25, -0.2) is 4.68 Å². The molecular formula is C16H10Cl2F3N3O. The second-order valence-electron chi connectivity index (χ2n) is 4.98. The third kappa shape index (κ3) is 4.05. The van der Waals surface area contributed by atoms with E-state index in [2.05, 4.69) is 15.0 Å². The molecule has 0 unspecified atom stereocenters. The first-order valence-electron chi connectivity index (χ1n) is 7.00. The molecule has 0 saturated carbocycles. The standard InChI is InChI=1S/C16H10Cl2F3N3O/c17-9-14-15(10-1-3-11(18)4-2-10)24(23-22-14)12-5-7-13(8-6-12)25-16(19,20)21/h1-8H,9H2. The van der Waals surface area contributed by atoms with Gasteiger partial charge in [0.15, 0.2) is 0 Å². The van der Waals surface area contributed by atoms with E-state index in [0.717, 1.165) is 5.56 Å². The number of nitrogens with zero attached hydrogens (tertiary/aromatic N) is 3. The van der Waals surface area contributed by atoms with E-state index in [1.54, 1.807) is 24.3 Å². The Morgan fingerprint density at radius 1 is 1.00 bits per heavy atom. The van der Waals surface area contributed by atoms with Crippen LogP contribution in [0.15, 0.2) is 48.5 Å². The average molecular weight is 388 g/mol. The number of alkyl halides is 4. The summed E-state index contributed by atoms with van der Waals surface area (Å²) >= 11 is 11.8. The van der Waals surface area contributed by atoms with E-state index in [1.165, 1.54) is 28.9 Å². The first-order chi connectivity index (χ1) is 11.9. The maximum absolute atomic E-state index is 12.3. The minimum atomic E-state index is -4.74. The Kier molecular flexibility index (Phi) is 4.87. The minimum Gasteiger partial charge on any atom is -0.406 e. The lowest BCUT2D eigenvalue weighted by Crippen LogP contribution is -2.17. The smallest absolute Gasteiger partial charge is 0.406 e. The van der Waals surface area contributed by atoms with Gasteiger partial charge in [-0.05, 0) is 36.4 Å². The molecule has 9 heteroatoms. The van der Waals surface area contributed by atoms with Gasteiger partial charge in [0.1, 0.15) is 11.4 Å². The Bertz CT molecular complexity index is 862. The highest BCUT2D eigenvalue weighted by atomic mass is 35.5. The summed E-state index contributed by atoms with van der Waals surface area (Å²) in [6, 6.07) is 12.3. The van der Waals surface area contributed by atoms with Gasteiger partial charge in [0.2, 0.25) is 0 Å². The van der Waals surface area contributed by atoms with Crippen LogP contribution >= 0.6 is 23.2 Å². The van der Waals surface area contributed by atoms with E-state index in [0.29, 0.717) is 22.1 Å². The van der Waals surface area contributed by atoms with Crippen LogP contribution in [0.1, 0.15) is 5.69 Å². The van der Waals surface area contributed by atoms with Crippen LogP contribution in [-0.4, -0.2) is 21.4 Å². The summed E-state index contributed by atoms with van der Waals surface area (Å²) in [4.78, 5) is 0. The molecule has 0 atom stereocenters. The van der Waals surface area contributed by atoms with Crippen molar-refractivity contribution in [3.8, 4) is 22.7 Å². The Morgan fingerprint density at radius 2 is 1.64 bits per heavy atom. The van der Waals surface area contributed by atoms with Crippen molar-refractivity contribution in [3.63, 3.8) is 0 Å². The first-order valence-corrected chi connectivity index (χ1v) is 7.91. The molecule has 2 aromatic carbocycles. The van der Waals surface area contributed by atoms with Gasteiger partial charge in [0, 0.05) is 10.6 Å². The van der Waals surface area contributed by atoms with Gasteiger partial charge in [0.05, 0.1) is 17.3 Å². The van der Waals surface area contributed by atoms with E-state index in [9.17, 15) is 13.2 Å². The monoisotopic (exact) mass is 387 g/mol. The van der Waals surface area contributed by atoms with Gasteiger partial charge in [-0.3, -0.25) is 0 Å². The molecular weight excluding hydrogens is 378 g/mol. The fraction of sp³-hybridized carbons (Fsp3) is 0.125. The summed E-state index contributed by atoms with van der Waals surface area (Å²) in [7, 11) is 0. The van der Waals surface area contributed by atoms with Gasteiger partial charge in [0.25, 0.3) is 0 Å². The predicted molar refractivity (Wildman–Crippen MR) is 88.0 cm³/mol. The van der Waals surface area contributed by atoms with E-state index >= 15 is 0 Å². The van der Waals surface area contributed by atoms with E-state index in [1.807, 2.05) is 0 Å². The Morgan fingerprint density at radius 3 is 2.20 bits per heavy atom. The fourth-order valence-corrected chi connectivity index (χ4v) is 2.58. The third-order valence-electron chi connectivity index (χ3n) is 3.30. The second kappa shape index (κ2) is 6.93. The summed E-state index contributed by atoms with van der Waals surface area (Å²) in [5, 5.41) is 8.65. The fourth-order valence-electron chi connectivity index (χ4n) is 2.27. The van der Waals surface area contributed by atoms with Crippen LogP contribution in [0.2, 0.25) is 5.02 Å². The van der Waals surface area contributed by atoms with Crippen LogP contribution in [0.5, 0.6) is 5.75 Å². The zero-order valence-electron chi connectivity index (χ0n) is 12.5. The highest BCUT2D eigenvalue weighted by molar-refractivity contribution is 6.30. The SMILES string of the molecule is FC(F)(F)Oc1ccc(-n2nnc(CCl)c2-c2ccc(Cl)cc2)cc1. The maximum atomic E-state index is 12.3. The molecule has 0 saturated heterocycles. The normalized spacial score (nSPS) is 11.6. The molecule has 4 nitrogen and oxygen atoms in total. The van der Waals surface area contributed by atoms with Crippen LogP contribution in [0.25, 0.3) is 16.9 Å². The molecule has 0 fully saturated rings. The Hall–Kier alpha value is -2.25. The van der Waals surface area contributed by atoms with Gasteiger partial charge in [-0.15, -0.1) is 29.9 Å². The molecule has 3 rings (SSSR count).